The van der Waals surface area contributed by atoms with Crippen molar-refractivity contribution in [3.8, 4) is 0 Å². The maximum absolute atomic E-state index is 5.54. The third-order valence-corrected chi connectivity index (χ3v) is 2.34. The molecule has 0 saturated carbocycles. The summed E-state index contributed by atoms with van der Waals surface area (Å²) >= 11 is 0. The van der Waals surface area contributed by atoms with Crippen LogP contribution in [0.1, 0.15) is 29.8 Å². The monoisotopic (exact) mass is 223 g/mol. The molecule has 1 aliphatic rings. The van der Waals surface area contributed by atoms with E-state index in [1.807, 2.05) is 0 Å². The highest BCUT2D eigenvalue weighted by Gasteiger charge is 2.14. The lowest BCUT2D eigenvalue weighted by atomic mass is 9.96. The predicted octanol–water partition coefficient (Wildman–Crippen LogP) is 1.59. The van der Waals surface area contributed by atoms with Gasteiger partial charge in [0.1, 0.15) is 0 Å². The van der Waals surface area contributed by atoms with E-state index in [0.717, 1.165) is 12.1 Å². The fourth-order valence-corrected chi connectivity index (χ4v) is 1.72. The molecule has 0 amide bonds. The van der Waals surface area contributed by atoms with E-state index in [0.29, 0.717) is 6.54 Å². The summed E-state index contributed by atoms with van der Waals surface area (Å²) in [6.45, 7) is 0.575. The molecular formula is C8H15Cl2N3. The van der Waals surface area contributed by atoms with Crippen molar-refractivity contribution in [1.29, 1.82) is 0 Å². The van der Waals surface area contributed by atoms with Crippen LogP contribution in [0, 0.1) is 0 Å². The Morgan fingerprint density at radius 2 is 1.92 bits per heavy atom. The van der Waals surface area contributed by atoms with E-state index in [2.05, 4.69) is 10.2 Å². The Morgan fingerprint density at radius 1 is 1.23 bits per heavy atom. The van der Waals surface area contributed by atoms with Gasteiger partial charge in [0.25, 0.3) is 0 Å². The first kappa shape index (κ1) is 12.8. The number of nitrogens with one attached hydrogen (secondary N) is 1. The van der Waals surface area contributed by atoms with Crippen molar-refractivity contribution in [1.82, 2.24) is 10.2 Å². The van der Waals surface area contributed by atoms with Gasteiger partial charge in [0.2, 0.25) is 0 Å². The van der Waals surface area contributed by atoms with Gasteiger partial charge in [-0.25, -0.2) is 0 Å². The van der Waals surface area contributed by atoms with Crippen LogP contribution < -0.4 is 5.73 Å². The van der Waals surface area contributed by atoms with Crippen LogP contribution in [-0.2, 0) is 19.4 Å². The highest BCUT2D eigenvalue weighted by molar-refractivity contribution is 5.85. The molecule has 0 spiro atoms. The topological polar surface area (TPSA) is 54.7 Å². The number of halogens is 2. The van der Waals surface area contributed by atoms with E-state index in [4.69, 9.17) is 5.73 Å². The number of nitrogens with two attached hydrogens (primary N) is 1. The molecule has 0 unspecified atom stereocenters. The van der Waals surface area contributed by atoms with Gasteiger partial charge >= 0.3 is 0 Å². The van der Waals surface area contributed by atoms with E-state index in [1.54, 1.807) is 0 Å². The van der Waals surface area contributed by atoms with Crippen LogP contribution in [0.15, 0.2) is 0 Å². The molecule has 1 heterocycles. The van der Waals surface area contributed by atoms with Crippen LogP contribution in [0.3, 0.4) is 0 Å². The van der Waals surface area contributed by atoms with Gasteiger partial charge in [0, 0.05) is 12.2 Å². The molecule has 0 aliphatic heterocycles. The Hall–Kier alpha value is -0.250. The number of aryl methyl sites for hydroxylation is 1. The molecule has 1 aliphatic carbocycles. The molecule has 76 valence electrons. The van der Waals surface area contributed by atoms with Crippen LogP contribution in [0.25, 0.3) is 0 Å². The molecule has 1 aromatic rings. The minimum Gasteiger partial charge on any atom is -0.325 e. The van der Waals surface area contributed by atoms with E-state index in [1.165, 1.54) is 30.5 Å². The molecule has 2 rings (SSSR count). The zero-order valence-electron chi connectivity index (χ0n) is 7.38. The predicted molar refractivity (Wildman–Crippen MR) is 57.6 cm³/mol. The average Bonchev–Trinajstić information content (AvgIpc) is 2.47. The summed E-state index contributed by atoms with van der Waals surface area (Å²) in [5.41, 5.74) is 9.31. The van der Waals surface area contributed by atoms with Crippen molar-refractivity contribution in [3.05, 3.63) is 17.0 Å². The first-order chi connectivity index (χ1) is 5.42. The van der Waals surface area contributed by atoms with Gasteiger partial charge in [-0.15, -0.1) is 24.8 Å². The Labute approximate surface area is 90.3 Å². The Balaban J connectivity index is 0.000000720. The normalized spacial score (nSPS) is 13.9. The average molecular weight is 224 g/mol. The summed E-state index contributed by atoms with van der Waals surface area (Å²) in [7, 11) is 0. The molecule has 0 radical (unpaired) electrons. The zero-order valence-corrected chi connectivity index (χ0v) is 9.01. The number of hydrogen-bond acceptors (Lipinski definition) is 2. The number of hydrogen-bond donors (Lipinski definition) is 2. The standard InChI is InChI=1S/C8H13N3.2ClH/c9-5-8-6-3-1-2-4-7(6)10-11-8;;/h1-5,9H2,(H,10,11);2*1H. The Bertz CT molecular complexity index is 246. The Kier molecular flexibility index (Phi) is 5.37. The van der Waals surface area contributed by atoms with Crippen LogP contribution in [0.4, 0.5) is 0 Å². The van der Waals surface area contributed by atoms with Gasteiger partial charge in [0.05, 0.1) is 5.69 Å². The smallest absolute Gasteiger partial charge is 0.0792 e. The summed E-state index contributed by atoms with van der Waals surface area (Å²) in [6, 6.07) is 0. The number of rotatable bonds is 1. The van der Waals surface area contributed by atoms with Crippen molar-refractivity contribution in [2.75, 3.05) is 0 Å². The van der Waals surface area contributed by atoms with Crippen LogP contribution in [0.5, 0.6) is 0 Å². The molecule has 1 aromatic heterocycles. The lowest BCUT2D eigenvalue weighted by Gasteiger charge is -2.09. The molecule has 3 nitrogen and oxygen atoms in total. The minimum absolute atomic E-state index is 0. The molecule has 0 bridgehead atoms. The maximum atomic E-state index is 5.54. The fourth-order valence-electron chi connectivity index (χ4n) is 1.72. The minimum atomic E-state index is 0. The zero-order chi connectivity index (χ0) is 7.68. The molecule has 3 N–H and O–H groups in total. The molecule has 0 fully saturated rings. The quantitative estimate of drug-likeness (QED) is 0.761. The largest absolute Gasteiger partial charge is 0.325 e. The van der Waals surface area contributed by atoms with E-state index in [-0.39, 0.29) is 24.8 Å². The highest BCUT2D eigenvalue weighted by Crippen LogP contribution is 2.21. The Morgan fingerprint density at radius 3 is 2.62 bits per heavy atom. The summed E-state index contributed by atoms with van der Waals surface area (Å²) < 4.78 is 0. The fraction of sp³-hybridized carbons (Fsp3) is 0.625. The van der Waals surface area contributed by atoms with Crippen LogP contribution in [-0.4, -0.2) is 10.2 Å². The number of aromatic amines is 1. The second-order valence-electron chi connectivity index (χ2n) is 3.04. The molecule has 5 heteroatoms. The van der Waals surface area contributed by atoms with E-state index < -0.39 is 0 Å². The van der Waals surface area contributed by atoms with Gasteiger partial charge in [0.15, 0.2) is 0 Å². The number of H-pyrrole nitrogens is 1. The maximum Gasteiger partial charge on any atom is 0.0792 e. The van der Waals surface area contributed by atoms with Gasteiger partial charge in [-0.1, -0.05) is 0 Å². The number of fused-ring (bicyclic) bond motifs is 1. The van der Waals surface area contributed by atoms with Gasteiger partial charge in [-0.2, -0.15) is 5.10 Å². The molecule has 0 aromatic carbocycles. The number of aromatic nitrogens is 2. The number of nitrogens with zero attached hydrogens (tertiary/aromatic N) is 1. The molecular weight excluding hydrogens is 209 g/mol. The van der Waals surface area contributed by atoms with E-state index >= 15 is 0 Å². The molecule has 13 heavy (non-hydrogen) atoms. The highest BCUT2D eigenvalue weighted by atomic mass is 35.5. The van der Waals surface area contributed by atoms with Gasteiger partial charge in [-0.3, -0.25) is 5.10 Å². The van der Waals surface area contributed by atoms with Crippen LogP contribution >= 0.6 is 24.8 Å². The first-order valence-corrected chi connectivity index (χ1v) is 4.17. The van der Waals surface area contributed by atoms with Crippen molar-refractivity contribution < 1.29 is 0 Å². The summed E-state index contributed by atoms with van der Waals surface area (Å²) in [4.78, 5) is 0. The third kappa shape index (κ3) is 2.36. The van der Waals surface area contributed by atoms with Gasteiger partial charge < -0.3 is 5.73 Å². The lowest BCUT2D eigenvalue weighted by molar-refractivity contribution is 0.672. The summed E-state index contributed by atoms with van der Waals surface area (Å²) in [5.74, 6) is 0. The van der Waals surface area contributed by atoms with Crippen molar-refractivity contribution in [3.63, 3.8) is 0 Å². The van der Waals surface area contributed by atoms with Crippen molar-refractivity contribution in [2.24, 2.45) is 5.73 Å². The second kappa shape index (κ2) is 5.47. The van der Waals surface area contributed by atoms with Crippen molar-refractivity contribution in [2.45, 2.75) is 32.2 Å². The SMILES string of the molecule is Cl.Cl.NCc1n[nH]c2c1CCCC2. The molecule has 0 saturated heterocycles. The van der Waals surface area contributed by atoms with E-state index in [9.17, 15) is 0 Å². The lowest BCUT2D eigenvalue weighted by Crippen LogP contribution is -2.05. The summed E-state index contributed by atoms with van der Waals surface area (Å²) in [5, 5.41) is 7.21. The van der Waals surface area contributed by atoms with Gasteiger partial charge in [-0.05, 0) is 31.2 Å². The van der Waals surface area contributed by atoms with Crippen LogP contribution in [0.2, 0.25) is 0 Å². The van der Waals surface area contributed by atoms with Crippen molar-refractivity contribution >= 4 is 24.8 Å². The molecule has 0 atom stereocenters. The third-order valence-electron chi connectivity index (χ3n) is 2.34. The first-order valence-electron chi connectivity index (χ1n) is 4.17. The second-order valence-corrected chi connectivity index (χ2v) is 3.04. The summed E-state index contributed by atoms with van der Waals surface area (Å²) in [6.07, 6.45) is 4.90.